The van der Waals surface area contributed by atoms with Gasteiger partial charge in [0.15, 0.2) is 0 Å². The second kappa shape index (κ2) is 8.32. The normalized spacial score (nSPS) is 14.6. The maximum Gasteiger partial charge on any atom is 0.233 e. The Morgan fingerprint density at radius 3 is 2.59 bits per heavy atom. The van der Waals surface area contributed by atoms with Crippen LogP contribution in [0, 0.1) is 27.7 Å². The summed E-state index contributed by atoms with van der Waals surface area (Å²) in [6.45, 7) is 11.8. The van der Waals surface area contributed by atoms with Crippen molar-refractivity contribution in [2.75, 3.05) is 36.8 Å². The van der Waals surface area contributed by atoms with E-state index in [4.69, 9.17) is 0 Å². The smallest absolute Gasteiger partial charge is 0.233 e. The van der Waals surface area contributed by atoms with Crippen molar-refractivity contribution in [3.05, 3.63) is 46.1 Å². The second-order valence-corrected chi connectivity index (χ2v) is 9.69. The molecule has 0 saturated carbocycles. The first-order valence-electron chi connectivity index (χ1n) is 9.88. The zero-order chi connectivity index (χ0) is 20.5. The number of hydrogen-bond acceptors (Lipinski definition) is 6. The number of anilines is 1. The number of nitrogens with zero attached hydrogens (tertiary/aromatic N) is 4. The topological polar surface area (TPSA) is 49.3 Å². The molecule has 3 heterocycles. The molecule has 0 aliphatic carbocycles. The first kappa shape index (κ1) is 20.2. The first-order valence-corrected chi connectivity index (χ1v) is 11.7. The van der Waals surface area contributed by atoms with E-state index in [1.165, 1.54) is 39.0 Å². The molecule has 0 unspecified atom stereocenters. The molecule has 0 N–H and O–H groups in total. The average molecular weight is 427 g/mol. The van der Waals surface area contributed by atoms with E-state index in [1.807, 2.05) is 4.90 Å². The van der Waals surface area contributed by atoms with Gasteiger partial charge in [0.05, 0.1) is 5.75 Å². The van der Waals surface area contributed by atoms with E-state index in [0.29, 0.717) is 5.75 Å². The summed E-state index contributed by atoms with van der Waals surface area (Å²) in [7, 11) is 0. The molecule has 1 aliphatic rings. The van der Waals surface area contributed by atoms with E-state index >= 15 is 0 Å². The maximum atomic E-state index is 12.8. The van der Waals surface area contributed by atoms with Crippen LogP contribution in [0.25, 0.3) is 10.2 Å². The summed E-state index contributed by atoms with van der Waals surface area (Å²) in [5, 5.41) is 2.02. The van der Waals surface area contributed by atoms with Gasteiger partial charge in [0, 0.05) is 42.1 Å². The average Bonchev–Trinajstić information content (AvgIpc) is 3.03. The lowest BCUT2D eigenvalue weighted by atomic mass is 10.1. The van der Waals surface area contributed by atoms with Crippen molar-refractivity contribution in [1.29, 1.82) is 0 Å². The summed E-state index contributed by atoms with van der Waals surface area (Å²) in [5.41, 5.74) is 5.16. The number of hydrogen-bond donors (Lipinski definition) is 0. The number of carbonyl (C=O) groups excluding carboxylic acids is 1. The van der Waals surface area contributed by atoms with Crippen molar-refractivity contribution in [2.24, 2.45) is 0 Å². The van der Waals surface area contributed by atoms with Crippen LogP contribution in [0.15, 0.2) is 29.6 Å². The number of rotatable bonds is 4. The molecule has 29 heavy (non-hydrogen) atoms. The van der Waals surface area contributed by atoms with Crippen LogP contribution in [0.4, 0.5) is 5.69 Å². The lowest BCUT2D eigenvalue weighted by molar-refractivity contribution is -0.128. The van der Waals surface area contributed by atoms with Crippen LogP contribution >= 0.6 is 23.1 Å². The van der Waals surface area contributed by atoms with E-state index in [2.05, 4.69) is 60.8 Å². The van der Waals surface area contributed by atoms with Crippen molar-refractivity contribution in [2.45, 2.75) is 32.7 Å². The number of thiophene rings is 1. The largest absolute Gasteiger partial charge is 0.368 e. The van der Waals surface area contributed by atoms with Gasteiger partial charge in [-0.05, 0) is 50.5 Å². The van der Waals surface area contributed by atoms with E-state index < -0.39 is 0 Å². The molecule has 1 aliphatic heterocycles. The van der Waals surface area contributed by atoms with Crippen LogP contribution in [-0.2, 0) is 4.79 Å². The molecule has 1 saturated heterocycles. The highest BCUT2D eigenvalue weighted by atomic mass is 32.2. The van der Waals surface area contributed by atoms with Crippen LogP contribution in [0.3, 0.4) is 0 Å². The molecule has 152 valence electrons. The van der Waals surface area contributed by atoms with Gasteiger partial charge in [0.1, 0.15) is 16.2 Å². The van der Waals surface area contributed by atoms with Crippen LogP contribution < -0.4 is 4.90 Å². The number of aryl methyl sites for hydroxylation is 3. The van der Waals surface area contributed by atoms with Gasteiger partial charge < -0.3 is 9.80 Å². The molecule has 1 amide bonds. The SMILES string of the molecule is Cc1cccc(N2CCN(C(=O)CSc3ncnc4sc(C)c(C)c34)CC2)c1C. The highest BCUT2D eigenvalue weighted by molar-refractivity contribution is 8.00. The van der Waals surface area contributed by atoms with Crippen molar-refractivity contribution in [3.8, 4) is 0 Å². The zero-order valence-electron chi connectivity index (χ0n) is 17.4. The number of amides is 1. The highest BCUT2D eigenvalue weighted by Crippen LogP contribution is 2.34. The molecule has 0 bridgehead atoms. The minimum absolute atomic E-state index is 0.187. The van der Waals surface area contributed by atoms with Gasteiger partial charge in [-0.2, -0.15) is 0 Å². The monoisotopic (exact) mass is 426 g/mol. The Morgan fingerprint density at radius 2 is 1.83 bits per heavy atom. The molecule has 0 spiro atoms. The van der Waals surface area contributed by atoms with E-state index in [9.17, 15) is 4.79 Å². The molecule has 7 heteroatoms. The highest BCUT2D eigenvalue weighted by Gasteiger charge is 2.23. The van der Waals surface area contributed by atoms with Gasteiger partial charge in [0.2, 0.25) is 5.91 Å². The second-order valence-electron chi connectivity index (χ2n) is 7.52. The fourth-order valence-electron chi connectivity index (χ4n) is 3.76. The molecule has 4 rings (SSSR count). The Kier molecular flexibility index (Phi) is 5.79. The Morgan fingerprint density at radius 1 is 1.07 bits per heavy atom. The molecule has 3 aromatic rings. The van der Waals surface area contributed by atoms with Crippen molar-refractivity contribution in [3.63, 3.8) is 0 Å². The third-order valence-electron chi connectivity index (χ3n) is 5.81. The summed E-state index contributed by atoms with van der Waals surface area (Å²) >= 11 is 3.22. The fourth-order valence-corrected chi connectivity index (χ4v) is 5.78. The van der Waals surface area contributed by atoms with Crippen LogP contribution in [0.2, 0.25) is 0 Å². The minimum Gasteiger partial charge on any atom is -0.368 e. The van der Waals surface area contributed by atoms with Gasteiger partial charge in [-0.1, -0.05) is 23.9 Å². The predicted molar refractivity (Wildman–Crippen MR) is 122 cm³/mol. The third-order valence-corrected chi connectivity index (χ3v) is 7.90. The molecule has 0 radical (unpaired) electrons. The van der Waals surface area contributed by atoms with Crippen LogP contribution in [-0.4, -0.2) is 52.7 Å². The summed E-state index contributed by atoms with van der Waals surface area (Å²) in [5.74, 6) is 0.608. The number of carbonyl (C=O) groups is 1. The molecular weight excluding hydrogens is 400 g/mol. The van der Waals surface area contributed by atoms with Crippen LogP contribution in [0.1, 0.15) is 21.6 Å². The summed E-state index contributed by atoms with van der Waals surface area (Å²) in [6.07, 6.45) is 1.60. The molecular formula is C22H26N4OS2. The lowest BCUT2D eigenvalue weighted by Crippen LogP contribution is -2.49. The first-order chi connectivity index (χ1) is 14.0. The minimum atomic E-state index is 0.187. The van der Waals surface area contributed by atoms with E-state index in [0.717, 1.165) is 41.4 Å². The van der Waals surface area contributed by atoms with Gasteiger partial charge in [-0.25, -0.2) is 9.97 Å². The Bertz CT molecular complexity index is 1050. The van der Waals surface area contributed by atoms with Gasteiger partial charge in [0.25, 0.3) is 0 Å². The molecule has 1 fully saturated rings. The van der Waals surface area contributed by atoms with E-state index in [-0.39, 0.29) is 5.91 Å². The number of thioether (sulfide) groups is 1. The Balaban J connectivity index is 1.38. The lowest BCUT2D eigenvalue weighted by Gasteiger charge is -2.37. The number of fused-ring (bicyclic) bond motifs is 1. The number of aromatic nitrogens is 2. The summed E-state index contributed by atoms with van der Waals surface area (Å²) in [4.78, 5) is 28.3. The van der Waals surface area contributed by atoms with Crippen LogP contribution in [0.5, 0.6) is 0 Å². The fraction of sp³-hybridized carbons (Fsp3) is 0.409. The molecule has 2 aromatic heterocycles. The predicted octanol–water partition coefficient (Wildman–Crippen LogP) is 4.37. The Labute approximate surface area is 180 Å². The number of piperazine rings is 1. The zero-order valence-corrected chi connectivity index (χ0v) is 19.0. The standard InChI is InChI=1S/C22H26N4OS2/c1-14-6-5-7-18(15(14)2)25-8-10-26(11-9-25)19(27)12-28-21-20-16(3)17(4)29-22(20)24-13-23-21/h5-7,13H,8-12H2,1-4H3. The molecule has 5 nitrogen and oxygen atoms in total. The van der Waals surface area contributed by atoms with Crippen molar-refractivity contribution in [1.82, 2.24) is 14.9 Å². The van der Waals surface area contributed by atoms with Crippen molar-refractivity contribution < 1.29 is 4.79 Å². The molecule has 0 atom stereocenters. The number of benzene rings is 1. The summed E-state index contributed by atoms with van der Waals surface area (Å²) < 4.78 is 0. The van der Waals surface area contributed by atoms with Gasteiger partial charge >= 0.3 is 0 Å². The quantitative estimate of drug-likeness (QED) is 0.458. The van der Waals surface area contributed by atoms with E-state index in [1.54, 1.807) is 17.7 Å². The Hall–Kier alpha value is -2.12. The third kappa shape index (κ3) is 3.98. The van der Waals surface area contributed by atoms with Crippen molar-refractivity contribution >= 4 is 44.9 Å². The maximum absolute atomic E-state index is 12.8. The summed E-state index contributed by atoms with van der Waals surface area (Å²) in [6, 6.07) is 6.44. The van der Waals surface area contributed by atoms with Gasteiger partial charge in [-0.15, -0.1) is 11.3 Å². The van der Waals surface area contributed by atoms with Gasteiger partial charge in [-0.3, -0.25) is 4.79 Å². The molecule has 1 aromatic carbocycles.